The predicted octanol–water partition coefficient (Wildman–Crippen LogP) is 0.267. The van der Waals surface area contributed by atoms with Gasteiger partial charge in [0.05, 0.1) is 18.0 Å². The number of ether oxygens (including phenoxy) is 1. The van der Waals surface area contributed by atoms with Crippen molar-refractivity contribution in [3.05, 3.63) is 11.4 Å². The summed E-state index contributed by atoms with van der Waals surface area (Å²) < 4.78 is 33.0. The summed E-state index contributed by atoms with van der Waals surface area (Å²) in [6.45, 7) is 6.57. The molecule has 1 aromatic heterocycles. The van der Waals surface area contributed by atoms with Crippen molar-refractivity contribution in [3.8, 4) is 0 Å². The van der Waals surface area contributed by atoms with E-state index in [2.05, 4.69) is 9.82 Å². The van der Waals surface area contributed by atoms with Crippen molar-refractivity contribution >= 4 is 16.0 Å². The lowest BCUT2D eigenvalue weighted by Gasteiger charge is -2.13. The Kier molecular flexibility index (Phi) is 4.70. The van der Waals surface area contributed by atoms with Gasteiger partial charge < -0.3 is 4.74 Å². The number of carbonyl (C=O) groups is 1. The van der Waals surface area contributed by atoms with E-state index in [1.165, 1.54) is 11.6 Å². The van der Waals surface area contributed by atoms with E-state index in [0.29, 0.717) is 11.4 Å². The first-order chi connectivity index (χ1) is 8.70. The minimum absolute atomic E-state index is 0.103. The molecule has 7 nitrogen and oxygen atoms in total. The topological polar surface area (TPSA) is 90.3 Å². The molecule has 108 valence electrons. The molecule has 1 rings (SSSR count). The maximum Gasteiger partial charge on any atom is 0.323 e. The van der Waals surface area contributed by atoms with E-state index in [9.17, 15) is 13.2 Å². The standard InChI is InChI=1S/C11H19N3O4S/c1-6-18-11(15)8(3)13-19(16,17)10-7(2)12-14(5)9(10)4/h8,13H,6H2,1-5H3. The van der Waals surface area contributed by atoms with Gasteiger partial charge in [0.15, 0.2) is 0 Å². The van der Waals surface area contributed by atoms with Crippen LogP contribution in [0.5, 0.6) is 0 Å². The first kappa shape index (κ1) is 15.6. The number of hydrogen-bond donors (Lipinski definition) is 1. The van der Waals surface area contributed by atoms with Crippen LogP contribution in [-0.4, -0.2) is 36.8 Å². The van der Waals surface area contributed by atoms with Crippen molar-refractivity contribution in [1.82, 2.24) is 14.5 Å². The van der Waals surface area contributed by atoms with Crippen molar-refractivity contribution in [1.29, 1.82) is 0 Å². The van der Waals surface area contributed by atoms with Crippen LogP contribution in [0, 0.1) is 13.8 Å². The number of aryl methyl sites for hydroxylation is 2. The van der Waals surface area contributed by atoms with E-state index in [1.807, 2.05) is 0 Å². The molecule has 0 bridgehead atoms. The Hall–Kier alpha value is -1.41. The number of aromatic nitrogens is 2. The minimum atomic E-state index is -3.80. The van der Waals surface area contributed by atoms with Crippen LogP contribution in [0.1, 0.15) is 25.2 Å². The highest BCUT2D eigenvalue weighted by atomic mass is 32.2. The molecule has 0 aliphatic rings. The van der Waals surface area contributed by atoms with Gasteiger partial charge in [-0.1, -0.05) is 0 Å². The summed E-state index contributed by atoms with van der Waals surface area (Å²) in [5.41, 5.74) is 0.907. The SMILES string of the molecule is CCOC(=O)C(C)NS(=O)(=O)c1c(C)nn(C)c1C. The molecule has 0 aliphatic carbocycles. The third-order valence-corrected chi connectivity index (χ3v) is 4.48. The highest BCUT2D eigenvalue weighted by Crippen LogP contribution is 2.18. The Bertz CT molecular complexity index is 577. The number of esters is 1. The van der Waals surface area contributed by atoms with Gasteiger partial charge in [0.2, 0.25) is 10.0 Å². The molecule has 1 heterocycles. The fraction of sp³-hybridized carbons (Fsp3) is 0.636. The van der Waals surface area contributed by atoms with E-state index in [1.54, 1.807) is 27.8 Å². The van der Waals surface area contributed by atoms with E-state index < -0.39 is 22.0 Å². The molecule has 0 aromatic carbocycles. The van der Waals surface area contributed by atoms with Crippen LogP contribution in [0.2, 0.25) is 0 Å². The summed E-state index contributed by atoms with van der Waals surface area (Å²) in [5, 5.41) is 4.05. The number of nitrogens with one attached hydrogen (secondary N) is 1. The molecule has 0 spiro atoms. The molecule has 1 atom stereocenters. The molecular weight excluding hydrogens is 270 g/mol. The lowest BCUT2D eigenvalue weighted by molar-refractivity contribution is -0.144. The van der Waals surface area contributed by atoms with E-state index in [4.69, 9.17) is 4.74 Å². The van der Waals surface area contributed by atoms with Crippen molar-refractivity contribution in [2.24, 2.45) is 7.05 Å². The van der Waals surface area contributed by atoms with E-state index in [0.717, 1.165) is 0 Å². The highest BCUT2D eigenvalue weighted by Gasteiger charge is 2.28. The van der Waals surface area contributed by atoms with E-state index in [-0.39, 0.29) is 11.5 Å². The van der Waals surface area contributed by atoms with Crippen molar-refractivity contribution in [2.75, 3.05) is 6.61 Å². The van der Waals surface area contributed by atoms with Gasteiger partial charge >= 0.3 is 5.97 Å². The fourth-order valence-electron chi connectivity index (χ4n) is 1.75. The summed E-state index contributed by atoms with van der Waals surface area (Å²) in [5.74, 6) is -0.606. The zero-order chi connectivity index (χ0) is 14.8. The fourth-order valence-corrected chi connectivity index (χ4v) is 3.38. The number of nitrogens with zero attached hydrogens (tertiary/aromatic N) is 2. The highest BCUT2D eigenvalue weighted by molar-refractivity contribution is 7.89. The molecule has 0 fully saturated rings. The van der Waals surface area contributed by atoms with Gasteiger partial charge in [-0.05, 0) is 27.7 Å². The lowest BCUT2D eigenvalue weighted by atomic mass is 10.4. The molecule has 0 saturated carbocycles. The van der Waals surface area contributed by atoms with Gasteiger partial charge in [-0.15, -0.1) is 0 Å². The van der Waals surface area contributed by atoms with Gasteiger partial charge in [0.1, 0.15) is 10.9 Å². The summed E-state index contributed by atoms with van der Waals surface area (Å²) in [7, 11) is -2.13. The Morgan fingerprint density at radius 3 is 2.47 bits per heavy atom. The number of hydrogen-bond acceptors (Lipinski definition) is 5. The second-order valence-electron chi connectivity index (χ2n) is 4.22. The van der Waals surface area contributed by atoms with Gasteiger partial charge in [-0.3, -0.25) is 9.48 Å². The molecule has 1 N–H and O–H groups in total. The molecule has 1 aromatic rings. The van der Waals surface area contributed by atoms with Gasteiger partial charge in [-0.2, -0.15) is 9.82 Å². The molecule has 0 amide bonds. The van der Waals surface area contributed by atoms with Crippen LogP contribution >= 0.6 is 0 Å². The van der Waals surface area contributed by atoms with Crippen LogP contribution in [0.25, 0.3) is 0 Å². The van der Waals surface area contributed by atoms with Gasteiger partial charge in [0.25, 0.3) is 0 Å². The van der Waals surface area contributed by atoms with Crippen molar-refractivity contribution in [2.45, 2.75) is 38.6 Å². The van der Waals surface area contributed by atoms with Gasteiger partial charge in [0, 0.05) is 7.05 Å². The molecule has 0 radical (unpaired) electrons. The third kappa shape index (κ3) is 3.32. The number of rotatable bonds is 5. The Labute approximate surface area is 113 Å². The lowest BCUT2D eigenvalue weighted by Crippen LogP contribution is -2.39. The zero-order valence-electron chi connectivity index (χ0n) is 11.7. The van der Waals surface area contributed by atoms with E-state index >= 15 is 0 Å². The van der Waals surface area contributed by atoms with Crippen LogP contribution in [0.4, 0.5) is 0 Å². The second kappa shape index (κ2) is 5.70. The van der Waals surface area contributed by atoms with Crippen molar-refractivity contribution in [3.63, 3.8) is 0 Å². The molecule has 19 heavy (non-hydrogen) atoms. The Morgan fingerprint density at radius 2 is 2.05 bits per heavy atom. The molecule has 0 saturated heterocycles. The predicted molar refractivity (Wildman–Crippen MR) is 69.1 cm³/mol. The number of sulfonamides is 1. The van der Waals surface area contributed by atoms with Crippen LogP contribution in [0.3, 0.4) is 0 Å². The molecule has 1 unspecified atom stereocenters. The quantitative estimate of drug-likeness (QED) is 0.786. The maximum atomic E-state index is 12.2. The first-order valence-corrected chi connectivity index (χ1v) is 7.38. The second-order valence-corrected chi connectivity index (χ2v) is 5.87. The monoisotopic (exact) mass is 289 g/mol. The van der Waals surface area contributed by atoms with Crippen LogP contribution < -0.4 is 4.72 Å². The normalized spacial score (nSPS) is 13.3. The van der Waals surface area contributed by atoms with Crippen LogP contribution in [0.15, 0.2) is 4.90 Å². The minimum Gasteiger partial charge on any atom is -0.465 e. The molecular formula is C11H19N3O4S. The molecule has 0 aliphatic heterocycles. The average molecular weight is 289 g/mol. The van der Waals surface area contributed by atoms with Crippen LogP contribution in [-0.2, 0) is 26.6 Å². The van der Waals surface area contributed by atoms with Gasteiger partial charge in [-0.25, -0.2) is 8.42 Å². The summed E-state index contributed by atoms with van der Waals surface area (Å²) in [4.78, 5) is 11.6. The Morgan fingerprint density at radius 1 is 1.47 bits per heavy atom. The summed E-state index contributed by atoms with van der Waals surface area (Å²) in [6, 6.07) is -0.941. The largest absolute Gasteiger partial charge is 0.465 e. The molecule has 8 heteroatoms. The zero-order valence-corrected chi connectivity index (χ0v) is 12.5. The summed E-state index contributed by atoms with van der Waals surface area (Å²) in [6.07, 6.45) is 0. The first-order valence-electron chi connectivity index (χ1n) is 5.89. The maximum absolute atomic E-state index is 12.2. The Balaban J connectivity index is 3.02. The summed E-state index contributed by atoms with van der Waals surface area (Å²) >= 11 is 0. The smallest absolute Gasteiger partial charge is 0.323 e. The average Bonchev–Trinajstić information content (AvgIpc) is 2.52. The number of carbonyl (C=O) groups excluding carboxylic acids is 1. The van der Waals surface area contributed by atoms with Crippen molar-refractivity contribution < 1.29 is 17.9 Å². The third-order valence-electron chi connectivity index (χ3n) is 2.68.